The first-order valence-corrected chi connectivity index (χ1v) is 6.60. The smallest absolute Gasteiger partial charge is 0.137 e. The van der Waals surface area contributed by atoms with Crippen molar-refractivity contribution in [3.05, 3.63) is 66.1 Å². The predicted molar refractivity (Wildman–Crippen MR) is 78.3 cm³/mol. The summed E-state index contributed by atoms with van der Waals surface area (Å²) in [5, 5.41) is 3.42. The average molecular weight is 251 g/mol. The Hall–Kier alpha value is -2.29. The second-order valence-electron chi connectivity index (χ2n) is 4.61. The number of aromatic nitrogens is 2. The minimum absolute atomic E-state index is 0.745. The van der Waals surface area contributed by atoms with Crippen LogP contribution in [0.5, 0.6) is 0 Å². The van der Waals surface area contributed by atoms with Gasteiger partial charge in [-0.3, -0.25) is 0 Å². The lowest BCUT2D eigenvalue weighted by Crippen LogP contribution is -1.99. The van der Waals surface area contributed by atoms with E-state index in [9.17, 15) is 0 Å². The summed E-state index contributed by atoms with van der Waals surface area (Å²) in [6.45, 7) is 2.91. The molecule has 3 rings (SSSR count). The van der Waals surface area contributed by atoms with Crippen molar-refractivity contribution in [2.45, 2.75) is 19.9 Å². The van der Waals surface area contributed by atoms with Crippen LogP contribution >= 0.6 is 0 Å². The molecule has 0 aliphatic carbocycles. The van der Waals surface area contributed by atoms with Gasteiger partial charge in [0.25, 0.3) is 0 Å². The number of imidazole rings is 1. The molecule has 0 aliphatic rings. The number of benzene rings is 1. The summed E-state index contributed by atoms with van der Waals surface area (Å²) in [4.78, 5) is 4.57. The molecule has 0 amide bonds. The van der Waals surface area contributed by atoms with Crippen molar-refractivity contribution >= 4 is 11.3 Å². The maximum absolute atomic E-state index is 4.57. The Bertz CT molecular complexity index is 652. The number of fused-ring (bicyclic) bond motifs is 1. The van der Waals surface area contributed by atoms with Crippen LogP contribution in [-0.4, -0.2) is 9.38 Å². The Balaban J connectivity index is 1.74. The summed E-state index contributed by atoms with van der Waals surface area (Å²) < 4.78 is 2.04. The van der Waals surface area contributed by atoms with Crippen LogP contribution in [0, 0.1) is 0 Å². The zero-order chi connectivity index (χ0) is 13.1. The first-order chi connectivity index (χ1) is 9.35. The summed E-state index contributed by atoms with van der Waals surface area (Å²) in [7, 11) is 0. The largest absolute Gasteiger partial charge is 0.379 e. The molecule has 0 unspecified atom stereocenters. The highest BCUT2D eigenvalue weighted by Gasteiger charge is 2.01. The fourth-order valence-corrected chi connectivity index (χ4v) is 2.17. The van der Waals surface area contributed by atoms with Crippen LogP contribution in [0.1, 0.15) is 18.2 Å². The van der Waals surface area contributed by atoms with Crippen LogP contribution in [0.25, 0.3) is 5.65 Å². The molecule has 3 heteroatoms. The van der Waals surface area contributed by atoms with E-state index in [0.29, 0.717) is 0 Å². The molecule has 3 aromatic rings. The van der Waals surface area contributed by atoms with Crippen LogP contribution in [0.4, 0.5) is 5.69 Å². The standard InChI is InChI=1S/C16H17N3/c1-2-13-6-5-7-14(10-13)17-11-15-12-19-9-4-3-8-16(19)18-15/h3-10,12,17H,2,11H2,1H3. The average Bonchev–Trinajstić information content (AvgIpc) is 2.88. The molecule has 96 valence electrons. The van der Waals surface area contributed by atoms with Crippen LogP contribution in [0.15, 0.2) is 54.9 Å². The second kappa shape index (κ2) is 5.14. The minimum atomic E-state index is 0.745. The lowest BCUT2D eigenvalue weighted by molar-refractivity contribution is 1.07. The first-order valence-electron chi connectivity index (χ1n) is 6.60. The zero-order valence-electron chi connectivity index (χ0n) is 11.0. The number of pyridine rings is 1. The van der Waals surface area contributed by atoms with E-state index >= 15 is 0 Å². The summed E-state index contributed by atoms with van der Waals surface area (Å²) in [6, 6.07) is 14.5. The van der Waals surface area contributed by atoms with Crippen LogP contribution in [-0.2, 0) is 13.0 Å². The van der Waals surface area contributed by atoms with Gasteiger partial charge in [0.15, 0.2) is 0 Å². The highest BCUT2D eigenvalue weighted by molar-refractivity contribution is 5.46. The minimum Gasteiger partial charge on any atom is -0.379 e. The molecule has 3 nitrogen and oxygen atoms in total. The van der Waals surface area contributed by atoms with Crippen molar-refractivity contribution in [1.29, 1.82) is 0 Å². The molecule has 0 saturated carbocycles. The number of anilines is 1. The van der Waals surface area contributed by atoms with Gasteiger partial charge in [0.2, 0.25) is 0 Å². The highest BCUT2D eigenvalue weighted by Crippen LogP contribution is 2.13. The molecule has 1 N–H and O–H groups in total. The third-order valence-electron chi connectivity index (χ3n) is 3.22. The van der Waals surface area contributed by atoms with E-state index in [0.717, 1.165) is 30.0 Å². The van der Waals surface area contributed by atoms with Gasteiger partial charge in [-0.15, -0.1) is 0 Å². The fraction of sp³-hybridized carbons (Fsp3) is 0.188. The Morgan fingerprint density at radius 3 is 2.95 bits per heavy atom. The van der Waals surface area contributed by atoms with E-state index in [2.05, 4.69) is 47.7 Å². The summed E-state index contributed by atoms with van der Waals surface area (Å²) in [5.41, 5.74) is 4.53. The van der Waals surface area contributed by atoms with Gasteiger partial charge in [0, 0.05) is 18.1 Å². The monoisotopic (exact) mass is 251 g/mol. The van der Waals surface area contributed by atoms with Gasteiger partial charge in [-0.1, -0.05) is 25.1 Å². The molecule has 0 radical (unpaired) electrons. The van der Waals surface area contributed by atoms with Crippen molar-refractivity contribution in [2.24, 2.45) is 0 Å². The summed E-state index contributed by atoms with van der Waals surface area (Å²) >= 11 is 0. The van der Waals surface area contributed by atoms with Crippen molar-refractivity contribution in [3.8, 4) is 0 Å². The van der Waals surface area contributed by atoms with Gasteiger partial charge >= 0.3 is 0 Å². The fourth-order valence-electron chi connectivity index (χ4n) is 2.17. The number of nitrogens with one attached hydrogen (secondary N) is 1. The third-order valence-corrected chi connectivity index (χ3v) is 3.22. The molecule has 0 spiro atoms. The van der Waals surface area contributed by atoms with Gasteiger partial charge in [-0.25, -0.2) is 4.98 Å². The van der Waals surface area contributed by atoms with Crippen molar-refractivity contribution in [2.75, 3.05) is 5.32 Å². The van der Waals surface area contributed by atoms with E-state index in [1.54, 1.807) is 0 Å². The van der Waals surface area contributed by atoms with E-state index < -0.39 is 0 Å². The summed E-state index contributed by atoms with van der Waals surface area (Å²) in [6.07, 6.45) is 5.14. The maximum Gasteiger partial charge on any atom is 0.137 e. The van der Waals surface area contributed by atoms with Gasteiger partial charge in [-0.05, 0) is 36.2 Å². The Morgan fingerprint density at radius 1 is 1.16 bits per heavy atom. The van der Waals surface area contributed by atoms with Crippen molar-refractivity contribution < 1.29 is 0 Å². The molecule has 0 fully saturated rings. The summed E-state index contributed by atoms with van der Waals surface area (Å²) in [5.74, 6) is 0. The molecule has 0 aliphatic heterocycles. The van der Waals surface area contributed by atoms with Gasteiger partial charge in [0.05, 0.1) is 12.2 Å². The molecule has 0 atom stereocenters. The number of hydrogen-bond acceptors (Lipinski definition) is 2. The first kappa shape index (κ1) is 11.8. The normalized spacial score (nSPS) is 10.8. The SMILES string of the molecule is CCc1cccc(NCc2cn3ccccc3n2)c1. The number of nitrogens with zero attached hydrogens (tertiary/aromatic N) is 2. The predicted octanol–water partition coefficient (Wildman–Crippen LogP) is 3.51. The topological polar surface area (TPSA) is 29.3 Å². The van der Waals surface area contributed by atoms with Crippen molar-refractivity contribution in [3.63, 3.8) is 0 Å². The molecule has 0 saturated heterocycles. The van der Waals surface area contributed by atoms with Gasteiger partial charge < -0.3 is 9.72 Å². The lowest BCUT2D eigenvalue weighted by atomic mass is 10.1. The van der Waals surface area contributed by atoms with Gasteiger partial charge in [0.1, 0.15) is 5.65 Å². The van der Waals surface area contributed by atoms with E-state index in [1.807, 2.05) is 28.8 Å². The molecule has 1 aromatic carbocycles. The quantitative estimate of drug-likeness (QED) is 0.769. The Kier molecular flexibility index (Phi) is 3.19. The maximum atomic E-state index is 4.57. The lowest BCUT2D eigenvalue weighted by Gasteiger charge is -2.05. The van der Waals surface area contributed by atoms with Crippen LogP contribution < -0.4 is 5.32 Å². The van der Waals surface area contributed by atoms with E-state index in [-0.39, 0.29) is 0 Å². The van der Waals surface area contributed by atoms with E-state index in [4.69, 9.17) is 0 Å². The number of rotatable bonds is 4. The molecule has 19 heavy (non-hydrogen) atoms. The Morgan fingerprint density at radius 2 is 2.11 bits per heavy atom. The molecular weight excluding hydrogens is 234 g/mol. The number of aryl methyl sites for hydroxylation is 1. The molecule has 0 bridgehead atoms. The molecule has 2 aromatic heterocycles. The molecule has 2 heterocycles. The highest BCUT2D eigenvalue weighted by atomic mass is 15.0. The van der Waals surface area contributed by atoms with Crippen molar-refractivity contribution in [1.82, 2.24) is 9.38 Å². The van der Waals surface area contributed by atoms with Crippen LogP contribution in [0.2, 0.25) is 0 Å². The zero-order valence-corrected chi connectivity index (χ0v) is 11.0. The number of hydrogen-bond donors (Lipinski definition) is 1. The van der Waals surface area contributed by atoms with E-state index in [1.165, 1.54) is 5.56 Å². The second-order valence-corrected chi connectivity index (χ2v) is 4.61. The molecular formula is C16H17N3. The third kappa shape index (κ3) is 2.60. The van der Waals surface area contributed by atoms with Gasteiger partial charge in [-0.2, -0.15) is 0 Å². The Labute approximate surface area is 112 Å². The van der Waals surface area contributed by atoms with Crippen LogP contribution in [0.3, 0.4) is 0 Å².